The van der Waals surface area contributed by atoms with Crippen molar-refractivity contribution in [2.24, 2.45) is 16.8 Å². The Kier molecular flexibility index (Phi) is 10.5. The molecule has 0 radical (unpaired) electrons. The van der Waals surface area contributed by atoms with Crippen LogP contribution in [0.1, 0.15) is 76.3 Å². The van der Waals surface area contributed by atoms with Crippen molar-refractivity contribution < 1.29 is 23.5 Å². The van der Waals surface area contributed by atoms with Crippen LogP contribution in [-0.2, 0) is 19.1 Å². The number of methoxy groups -OCH3 is 2. The number of carbonyl (C=O) groups excluding carboxylic acids is 2. The van der Waals surface area contributed by atoms with E-state index in [1.54, 1.807) is 18.5 Å². The Morgan fingerprint density at radius 3 is 2.38 bits per heavy atom. The number of benzene rings is 1. The zero-order chi connectivity index (χ0) is 27.0. The quantitative estimate of drug-likeness (QED) is 0.363. The van der Waals surface area contributed by atoms with Gasteiger partial charge in [0.1, 0.15) is 5.82 Å². The highest BCUT2D eigenvalue weighted by atomic mass is 19.1. The molecular weight excluding hydrogens is 473 g/mol. The third-order valence-corrected chi connectivity index (χ3v) is 8.30. The maximum absolute atomic E-state index is 13.5. The van der Waals surface area contributed by atoms with E-state index < -0.39 is 5.54 Å². The summed E-state index contributed by atoms with van der Waals surface area (Å²) < 4.78 is 23.6. The minimum absolute atomic E-state index is 0.121. The second-order valence-corrected chi connectivity index (χ2v) is 10.8. The number of unbranched alkanes of at least 4 members (excludes halogenated alkanes) is 1. The summed E-state index contributed by atoms with van der Waals surface area (Å²) in [6.07, 6.45) is 9.34. The number of nitrogens with zero attached hydrogens (tertiary/aromatic N) is 3. The zero-order valence-corrected chi connectivity index (χ0v) is 23.1. The number of ether oxygens (including phenoxy) is 2. The van der Waals surface area contributed by atoms with E-state index in [1.807, 2.05) is 12.1 Å². The van der Waals surface area contributed by atoms with Gasteiger partial charge in [0.2, 0.25) is 0 Å². The number of rotatable bonds is 12. The highest BCUT2D eigenvalue weighted by Crippen LogP contribution is 2.43. The standard InChI is InChI=1S/C29H44FN3O4/c1-6-7-18-33-20-31-29(28(35)37-5,17-16-26(34)36-4)25(33)19-21-8-10-22(11-9-21)27(32(2)3)23-12-14-24(30)15-13-23/h12-15,20-22,25,27H,6-11,16-19H2,1-5H3. The van der Waals surface area contributed by atoms with Crippen LogP contribution in [0.3, 0.4) is 0 Å². The van der Waals surface area contributed by atoms with Gasteiger partial charge in [0.25, 0.3) is 0 Å². The molecule has 8 heteroatoms. The molecule has 3 rings (SSSR count). The monoisotopic (exact) mass is 517 g/mol. The van der Waals surface area contributed by atoms with Gasteiger partial charge in [-0.3, -0.25) is 9.79 Å². The average molecular weight is 518 g/mol. The summed E-state index contributed by atoms with van der Waals surface area (Å²) in [4.78, 5) is 34.3. The number of hydrogen-bond acceptors (Lipinski definition) is 7. The molecule has 3 atom stereocenters. The lowest BCUT2D eigenvalue weighted by Crippen LogP contribution is -2.53. The van der Waals surface area contributed by atoms with Gasteiger partial charge in [-0.05, 0) is 75.7 Å². The number of carbonyl (C=O) groups is 2. The summed E-state index contributed by atoms with van der Waals surface area (Å²) in [7, 11) is 6.94. The fraction of sp³-hybridized carbons (Fsp3) is 0.690. The van der Waals surface area contributed by atoms with Gasteiger partial charge in [0, 0.05) is 19.0 Å². The molecule has 0 spiro atoms. The summed E-state index contributed by atoms with van der Waals surface area (Å²) in [5.41, 5.74) is 0.0608. The van der Waals surface area contributed by atoms with Gasteiger partial charge in [0.05, 0.1) is 26.6 Å². The molecule has 7 nitrogen and oxygen atoms in total. The summed E-state index contributed by atoms with van der Waals surface area (Å²) in [5.74, 6) is -0.00469. The smallest absolute Gasteiger partial charge is 0.335 e. The van der Waals surface area contributed by atoms with Gasteiger partial charge >= 0.3 is 11.9 Å². The molecule has 1 aliphatic carbocycles. The SMILES string of the molecule is CCCCN1C=NC(CCC(=O)OC)(C(=O)OC)C1CC1CCC(C(c2ccc(F)cc2)N(C)C)CC1. The summed E-state index contributed by atoms with van der Waals surface area (Å²) in [6.45, 7) is 2.97. The van der Waals surface area contributed by atoms with E-state index in [4.69, 9.17) is 14.5 Å². The molecule has 206 valence electrons. The Balaban J connectivity index is 1.74. The zero-order valence-electron chi connectivity index (χ0n) is 23.1. The first-order valence-corrected chi connectivity index (χ1v) is 13.6. The van der Waals surface area contributed by atoms with Crippen LogP contribution in [-0.4, -0.2) is 74.5 Å². The minimum Gasteiger partial charge on any atom is -0.469 e. The van der Waals surface area contributed by atoms with Crippen LogP contribution < -0.4 is 0 Å². The van der Waals surface area contributed by atoms with Crippen LogP contribution in [0.25, 0.3) is 0 Å². The molecular formula is C29H44FN3O4. The molecule has 0 N–H and O–H groups in total. The van der Waals surface area contributed by atoms with E-state index in [0.717, 1.165) is 57.1 Å². The number of esters is 2. The van der Waals surface area contributed by atoms with Gasteiger partial charge in [-0.25, -0.2) is 9.18 Å². The van der Waals surface area contributed by atoms with E-state index in [0.29, 0.717) is 11.8 Å². The molecule has 0 bridgehead atoms. The maximum atomic E-state index is 13.5. The van der Waals surface area contributed by atoms with E-state index in [1.165, 1.54) is 14.2 Å². The van der Waals surface area contributed by atoms with E-state index >= 15 is 0 Å². The molecule has 1 aromatic carbocycles. The molecule has 37 heavy (non-hydrogen) atoms. The third kappa shape index (κ3) is 6.89. The van der Waals surface area contributed by atoms with Crippen molar-refractivity contribution >= 4 is 18.3 Å². The predicted molar refractivity (Wildman–Crippen MR) is 143 cm³/mol. The molecule has 1 heterocycles. The van der Waals surface area contributed by atoms with Crippen molar-refractivity contribution in [2.45, 2.75) is 82.3 Å². The van der Waals surface area contributed by atoms with Crippen LogP contribution in [0.15, 0.2) is 29.3 Å². The normalized spacial score (nSPS) is 26.4. The Labute approximate surface area is 221 Å². The molecule has 1 fully saturated rings. The molecule has 1 aromatic rings. The van der Waals surface area contributed by atoms with Crippen molar-refractivity contribution in [1.29, 1.82) is 0 Å². The fourth-order valence-corrected chi connectivity index (χ4v) is 6.30. The Bertz CT molecular complexity index is 914. The number of aliphatic imine (C=N–C) groups is 1. The van der Waals surface area contributed by atoms with E-state index in [-0.39, 0.29) is 42.7 Å². The van der Waals surface area contributed by atoms with Gasteiger partial charge in [0.15, 0.2) is 5.54 Å². The van der Waals surface area contributed by atoms with Gasteiger partial charge in [-0.1, -0.05) is 38.3 Å². The Morgan fingerprint density at radius 1 is 1.14 bits per heavy atom. The van der Waals surface area contributed by atoms with Crippen molar-refractivity contribution in [3.63, 3.8) is 0 Å². The van der Waals surface area contributed by atoms with Crippen LogP contribution in [0, 0.1) is 17.7 Å². The third-order valence-electron chi connectivity index (χ3n) is 8.30. The lowest BCUT2D eigenvalue weighted by atomic mass is 9.72. The van der Waals surface area contributed by atoms with E-state index in [2.05, 4.69) is 30.8 Å². The van der Waals surface area contributed by atoms with Crippen molar-refractivity contribution in [2.75, 3.05) is 34.9 Å². The van der Waals surface area contributed by atoms with E-state index in [9.17, 15) is 14.0 Å². The first-order valence-electron chi connectivity index (χ1n) is 13.6. The first-order chi connectivity index (χ1) is 17.7. The second kappa shape index (κ2) is 13.4. The molecule has 1 saturated carbocycles. The van der Waals surface area contributed by atoms with Crippen LogP contribution in [0.4, 0.5) is 4.39 Å². The average Bonchev–Trinajstić information content (AvgIpc) is 3.25. The van der Waals surface area contributed by atoms with Gasteiger partial charge in [-0.15, -0.1) is 0 Å². The Hall–Kier alpha value is -2.48. The first kappa shape index (κ1) is 29.1. The lowest BCUT2D eigenvalue weighted by molar-refractivity contribution is -0.150. The van der Waals surface area contributed by atoms with Gasteiger partial charge in [-0.2, -0.15) is 0 Å². The second-order valence-electron chi connectivity index (χ2n) is 10.8. The lowest BCUT2D eigenvalue weighted by Gasteiger charge is -2.41. The van der Waals surface area contributed by atoms with Crippen molar-refractivity contribution in [3.8, 4) is 0 Å². The van der Waals surface area contributed by atoms with Crippen LogP contribution in [0.5, 0.6) is 0 Å². The van der Waals surface area contributed by atoms with Crippen molar-refractivity contribution in [1.82, 2.24) is 9.80 Å². The van der Waals surface area contributed by atoms with Gasteiger partial charge < -0.3 is 19.3 Å². The summed E-state index contributed by atoms with van der Waals surface area (Å²) in [6, 6.07) is 7.00. The molecule has 1 aliphatic heterocycles. The molecule has 3 unspecified atom stereocenters. The topological polar surface area (TPSA) is 71.4 Å². The number of halogens is 1. The molecule has 2 aliphatic rings. The number of hydrogen-bond donors (Lipinski definition) is 0. The molecule has 0 aromatic heterocycles. The summed E-state index contributed by atoms with van der Waals surface area (Å²) in [5, 5.41) is 0. The van der Waals surface area contributed by atoms with Crippen molar-refractivity contribution in [3.05, 3.63) is 35.6 Å². The highest BCUT2D eigenvalue weighted by molar-refractivity contribution is 5.87. The van der Waals surface area contributed by atoms with Crippen LogP contribution >= 0.6 is 0 Å². The maximum Gasteiger partial charge on any atom is 0.335 e. The molecule has 0 amide bonds. The fourth-order valence-electron chi connectivity index (χ4n) is 6.30. The van der Waals surface area contributed by atoms with Crippen LogP contribution in [0.2, 0.25) is 0 Å². The largest absolute Gasteiger partial charge is 0.469 e. The Morgan fingerprint density at radius 2 is 1.81 bits per heavy atom. The minimum atomic E-state index is -1.09. The highest BCUT2D eigenvalue weighted by Gasteiger charge is 2.52. The predicted octanol–water partition coefficient (Wildman–Crippen LogP) is 5.00. The summed E-state index contributed by atoms with van der Waals surface area (Å²) >= 11 is 0. The molecule has 0 saturated heterocycles.